The number of rotatable bonds is 4. The molecule has 28 heavy (non-hydrogen) atoms. The number of carbonyl (C=O) groups is 1. The molecule has 0 atom stereocenters. The summed E-state index contributed by atoms with van der Waals surface area (Å²) in [5.74, 6) is 0. The quantitative estimate of drug-likeness (QED) is 0.740. The first-order valence-corrected chi connectivity index (χ1v) is 11.2. The lowest BCUT2D eigenvalue weighted by atomic mass is 10.2. The average Bonchev–Trinajstić information content (AvgIpc) is 2.95. The molecule has 0 saturated carbocycles. The SMILES string of the molecule is Cc1c(Cl)cccc1S(=O)(=O)Nc1ccc(NC(=O)N2CCCCCC2)cc1. The van der Waals surface area contributed by atoms with E-state index < -0.39 is 10.0 Å². The number of urea groups is 1. The van der Waals surface area contributed by atoms with Gasteiger partial charge in [-0.15, -0.1) is 0 Å². The molecular formula is C20H24ClN3O3S. The second kappa shape index (κ2) is 8.84. The second-order valence-corrected chi connectivity index (χ2v) is 8.94. The predicted octanol–water partition coefficient (Wildman–Crippen LogP) is 4.86. The minimum atomic E-state index is -3.75. The molecule has 2 aromatic rings. The summed E-state index contributed by atoms with van der Waals surface area (Å²) >= 11 is 6.03. The summed E-state index contributed by atoms with van der Waals surface area (Å²) in [5, 5.41) is 3.27. The number of likely N-dealkylation sites (tertiary alicyclic amines) is 1. The van der Waals surface area contributed by atoms with Crippen molar-refractivity contribution in [2.45, 2.75) is 37.5 Å². The van der Waals surface area contributed by atoms with Crippen LogP contribution in [0.5, 0.6) is 0 Å². The number of nitrogens with one attached hydrogen (secondary N) is 2. The first kappa shape index (κ1) is 20.5. The molecule has 2 amide bonds. The van der Waals surface area contributed by atoms with Gasteiger partial charge in [-0.1, -0.05) is 30.5 Å². The highest BCUT2D eigenvalue weighted by Crippen LogP contribution is 2.25. The molecule has 3 rings (SSSR count). The third-order valence-electron chi connectivity index (χ3n) is 4.79. The van der Waals surface area contributed by atoms with E-state index in [9.17, 15) is 13.2 Å². The van der Waals surface area contributed by atoms with Crippen LogP contribution in [0.25, 0.3) is 0 Å². The molecule has 6 nitrogen and oxygen atoms in total. The van der Waals surface area contributed by atoms with Crippen LogP contribution in [0.4, 0.5) is 16.2 Å². The van der Waals surface area contributed by atoms with E-state index in [1.54, 1.807) is 43.3 Å². The van der Waals surface area contributed by atoms with Crippen LogP contribution in [-0.2, 0) is 10.0 Å². The van der Waals surface area contributed by atoms with E-state index in [-0.39, 0.29) is 10.9 Å². The zero-order valence-electron chi connectivity index (χ0n) is 15.7. The van der Waals surface area contributed by atoms with Crippen LogP contribution in [0, 0.1) is 6.92 Å². The maximum absolute atomic E-state index is 12.6. The maximum Gasteiger partial charge on any atom is 0.321 e. The first-order valence-electron chi connectivity index (χ1n) is 9.31. The Labute approximate surface area is 170 Å². The van der Waals surface area contributed by atoms with Crippen LogP contribution >= 0.6 is 11.6 Å². The van der Waals surface area contributed by atoms with Crippen LogP contribution in [0.15, 0.2) is 47.4 Å². The minimum absolute atomic E-state index is 0.121. The molecule has 0 radical (unpaired) electrons. The molecule has 8 heteroatoms. The molecular weight excluding hydrogens is 398 g/mol. The number of hydrogen-bond acceptors (Lipinski definition) is 3. The van der Waals surface area contributed by atoms with Crippen molar-refractivity contribution < 1.29 is 13.2 Å². The van der Waals surface area contributed by atoms with Crippen LogP contribution in [-0.4, -0.2) is 32.4 Å². The maximum atomic E-state index is 12.6. The van der Waals surface area contributed by atoms with E-state index in [1.165, 1.54) is 6.07 Å². The van der Waals surface area contributed by atoms with Gasteiger partial charge in [0.05, 0.1) is 4.90 Å². The van der Waals surface area contributed by atoms with Gasteiger partial charge in [0.15, 0.2) is 0 Å². The Balaban J connectivity index is 1.67. The zero-order valence-corrected chi connectivity index (χ0v) is 17.3. The number of sulfonamides is 1. The zero-order chi connectivity index (χ0) is 20.1. The third-order valence-corrected chi connectivity index (χ3v) is 6.72. The Bertz CT molecular complexity index is 938. The highest BCUT2D eigenvalue weighted by molar-refractivity contribution is 7.92. The van der Waals surface area contributed by atoms with E-state index in [1.807, 2.05) is 4.90 Å². The Morgan fingerprint density at radius 2 is 1.57 bits per heavy atom. The number of benzene rings is 2. The molecule has 1 saturated heterocycles. The average molecular weight is 422 g/mol. The van der Waals surface area contributed by atoms with E-state index in [0.717, 1.165) is 38.8 Å². The van der Waals surface area contributed by atoms with Gasteiger partial charge in [-0.2, -0.15) is 0 Å². The number of halogens is 1. The lowest BCUT2D eigenvalue weighted by molar-refractivity contribution is 0.214. The Morgan fingerprint density at radius 3 is 2.21 bits per heavy atom. The lowest BCUT2D eigenvalue weighted by Crippen LogP contribution is -2.35. The summed E-state index contributed by atoms with van der Waals surface area (Å²) in [6, 6.07) is 11.2. The van der Waals surface area contributed by atoms with Crippen molar-refractivity contribution in [2.75, 3.05) is 23.1 Å². The molecule has 2 aromatic carbocycles. The molecule has 1 aliphatic heterocycles. The fourth-order valence-corrected chi connectivity index (χ4v) is 4.74. The largest absolute Gasteiger partial charge is 0.325 e. The summed E-state index contributed by atoms with van der Waals surface area (Å²) in [6.45, 7) is 3.20. The fraction of sp³-hybridized carbons (Fsp3) is 0.350. The summed E-state index contributed by atoms with van der Waals surface area (Å²) in [4.78, 5) is 14.3. The number of anilines is 2. The van der Waals surface area contributed by atoms with Crippen molar-refractivity contribution >= 4 is 39.0 Å². The van der Waals surface area contributed by atoms with Crippen LogP contribution in [0.3, 0.4) is 0 Å². The Morgan fingerprint density at radius 1 is 0.964 bits per heavy atom. The Kier molecular flexibility index (Phi) is 6.46. The van der Waals surface area contributed by atoms with Crippen molar-refractivity contribution in [3.05, 3.63) is 53.1 Å². The molecule has 1 aliphatic rings. The van der Waals surface area contributed by atoms with E-state index >= 15 is 0 Å². The molecule has 150 valence electrons. The highest BCUT2D eigenvalue weighted by Gasteiger charge is 2.19. The van der Waals surface area contributed by atoms with Gasteiger partial charge in [-0.25, -0.2) is 13.2 Å². The summed E-state index contributed by atoms with van der Waals surface area (Å²) in [6.07, 6.45) is 4.36. The van der Waals surface area contributed by atoms with E-state index in [2.05, 4.69) is 10.0 Å². The molecule has 0 spiro atoms. The lowest BCUT2D eigenvalue weighted by Gasteiger charge is -2.20. The number of carbonyl (C=O) groups excluding carboxylic acids is 1. The molecule has 1 fully saturated rings. The first-order chi connectivity index (χ1) is 13.4. The van der Waals surface area contributed by atoms with Crippen molar-refractivity contribution in [3.63, 3.8) is 0 Å². The van der Waals surface area contributed by atoms with Gasteiger partial charge in [-0.3, -0.25) is 4.72 Å². The standard InChI is InChI=1S/C20H24ClN3O3S/c1-15-18(21)7-6-8-19(15)28(26,27)23-17-11-9-16(10-12-17)22-20(25)24-13-4-2-3-5-14-24/h6-12,23H,2-5,13-14H2,1H3,(H,22,25). The van der Waals surface area contributed by atoms with E-state index in [0.29, 0.717) is 22.0 Å². The van der Waals surface area contributed by atoms with Crippen molar-refractivity contribution in [2.24, 2.45) is 0 Å². The normalized spacial score (nSPS) is 15.0. The molecule has 0 unspecified atom stereocenters. The Hall–Kier alpha value is -2.25. The van der Waals surface area contributed by atoms with E-state index in [4.69, 9.17) is 11.6 Å². The molecule has 2 N–H and O–H groups in total. The molecule has 0 bridgehead atoms. The number of nitrogens with zero attached hydrogens (tertiary/aromatic N) is 1. The van der Waals surface area contributed by atoms with Gasteiger partial charge in [-0.05, 0) is 61.7 Å². The van der Waals surface area contributed by atoms with Crippen LogP contribution < -0.4 is 10.0 Å². The predicted molar refractivity (Wildman–Crippen MR) is 112 cm³/mol. The van der Waals surface area contributed by atoms with Crippen molar-refractivity contribution in [1.29, 1.82) is 0 Å². The molecule has 0 aromatic heterocycles. The minimum Gasteiger partial charge on any atom is -0.325 e. The van der Waals surface area contributed by atoms with Gasteiger partial charge in [0, 0.05) is 29.5 Å². The third kappa shape index (κ3) is 4.97. The fourth-order valence-electron chi connectivity index (χ4n) is 3.19. The summed E-state index contributed by atoms with van der Waals surface area (Å²) in [7, 11) is -3.75. The van der Waals surface area contributed by atoms with Crippen molar-refractivity contribution in [1.82, 2.24) is 4.90 Å². The molecule has 1 heterocycles. The second-order valence-electron chi connectivity index (χ2n) is 6.88. The van der Waals surface area contributed by atoms with Crippen molar-refractivity contribution in [3.8, 4) is 0 Å². The summed E-state index contributed by atoms with van der Waals surface area (Å²) < 4.78 is 27.8. The van der Waals surface area contributed by atoms with Crippen LogP contribution in [0.1, 0.15) is 31.2 Å². The van der Waals surface area contributed by atoms with Gasteiger partial charge >= 0.3 is 6.03 Å². The molecule has 0 aliphatic carbocycles. The summed E-state index contributed by atoms with van der Waals surface area (Å²) in [5.41, 5.74) is 1.53. The monoisotopic (exact) mass is 421 g/mol. The highest BCUT2D eigenvalue weighted by atomic mass is 35.5. The van der Waals surface area contributed by atoms with Crippen LogP contribution in [0.2, 0.25) is 5.02 Å². The topological polar surface area (TPSA) is 78.5 Å². The number of amides is 2. The van der Waals surface area contributed by atoms with Gasteiger partial charge in [0.1, 0.15) is 0 Å². The van der Waals surface area contributed by atoms with Gasteiger partial charge in [0.2, 0.25) is 0 Å². The number of hydrogen-bond donors (Lipinski definition) is 2. The smallest absolute Gasteiger partial charge is 0.321 e. The van der Waals surface area contributed by atoms with Gasteiger partial charge in [0.25, 0.3) is 10.0 Å². The van der Waals surface area contributed by atoms with Gasteiger partial charge < -0.3 is 10.2 Å².